The molecular formula is C10H13BrClN. The standard InChI is InChI=1S/C10H12BrN.ClH/c11-10-3-1-2-8-7(6-12)4-5-9(8)10;/h1-3,7H,4-6,12H2;1H. The van der Waals surface area contributed by atoms with E-state index >= 15 is 0 Å². The van der Waals surface area contributed by atoms with Gasteiger partial charge in [0.15, 0.2) is 0 Å². The monoisotopic (exact) mass is 261 g/mol. The van der Waals surface area contributed by atoms with Crippen LogP contribution in [-0.2, 0) is 6.42 Å². The maximum absolute atomic E-state index is 5.68. The van der Waals surface area contributed by atoms with Crippen LogP contribution in [0.2, 0.25) is 0 Å². The number of halogens is 2. The van der Waals surface area contributed by atoms with Gasteiger partial charge in [0.25, 0.3) is 0 Å². The molecule has 1 atom stereocenters. The molecule has 0 heterocycles. The normalized spacial score (nSPS) is 19.4. The average molecular weight is 263 g/mol. The number of fused-ring (bicyclic) bond motifs is 1. The minimum absolute atomic E-state index is 0. The Kier molecular flexibility index (Phi) is 3.77. The van der Waals surface area contributed by atoms with E-state index in [0.717, 1.165) is 6.54 Å². The van der Waals surface area contributed by atoms with Crippen LogP contribution in [0.25, 0.3) is 0 Å². The maximum Gasteiger partial charge on any atom is 0.0210 e. The van der Waals surface area contributed by atoms with Crippen molar-refractivity contribution < 1.29 is 0 Å². The highest BCUT2D eigenvalue weighted by Crippen LogP contribution is 2.36. The lowest BCUT2D eigenvalue weighted by Gasteiger charge is -2.07. The second-order valence-electron chi connectivity index (χ2n) is 3.28. The van der Waals surface area contributed by atoms with Crippen LogP contribution in [0, 0.1) is 0 Å². The van der Waals surface area contributed by atoms with Crippen molar-refractivity contribution in [3.8, 4) is 0 Å². The molecule has 3 heteroatoms. The summed E-state index contributed by atoms with van der Waals surface area (Å²) in [4.78, 5) is 0. The number of hydrogen-bond donors (Lipinski definition) is 1. The van der Waals surface area contributed by atoms with E-state index in [9.17, 15) is 0 Å². The first-order valence-corrected chi connectivity index (χ1v) is 5.09. The molecular weight excluding hydrogens is 249 g/mol. The average Bonchev–Trinajstić information content (AvgIpc) is 2.49. The van der Waals surface area contributed by atoms with E-state index in [-0.39, 0.29) is 12.4 Å². The molecule has 0 spiro atoms. The molecule has 0 aliphatic heterocycles. The Labute approximate surface area is 93.2 Å². The fourth-order valence-electron chi connectivity index (χ4n) is 1.94. The van der Waals surface area contributed by atoms with Crippen molar-refractivity contribution in [2.75, 3.05) is 6.54 Å². The lowest BCUT2D eigenvalue weighted by molar-refractivity contribution is 0.688. The third-order valence-electron chi connectivity index (χ3n) is 2.62. The van der Waals surface area contributed by atoms with Crippen molar-refractivity contribution in [2.24, 2.45) is 5.73 Å². The van der Waals surface area contributed by atoms with Crippen molar-refractivity contribution in [3.63, 3.8) is 0 Å². The molecule has 0 aromatic heterocycles. The molecule has 0 fully saturated rings. The molecule has 0 saturated carbocycles. The van der Waals surface area contributed by atoms with Gasteiger partial charge in [-0.25, -0.2) is 0 Å². The van der Waals surface area contributed by atoms with Crippen molar-refractivity contribution >= 4 is 28.3 Å². The Morgan fingerprint density at radius 2 is 2.23 bits per heavy atom. The minimum Gasteiger partial charge on any atom is -0.330 e. The second kappa shape index (κ2) is 4.45. The Morgan fingerprint density at radius 1 is 1.46 bits per heavy atom. The SMILES string of the molecule is Cl.NCC1CCc2c(Br)cccc21. The van der Waals surface area contributed by atoms with Gasteiger partial charge in [-0.15, -0.1) is 12.4 Å². The molecule has 0 saturated heterocycles. The van der Waals surface area contributed by atoms with Crippen LogP contribution in [0.15, 0.2) is 22.7 Å². The zero-order valence-electron chi connectivity index (χ0n) is 7.29. The maximum atomic E-state index is 5.68. The van der Waals surface area contributed by atoms with Crippen molar-refractivity contribution in [2.45, 2.75) is 18.8 Å². The Bertz CT molecular complexity index is 301. The summed E-state index contributed by atoms with van der Waals surface area (Å²) in [5.74, 6) is 0.595. The summed E-state index contributed by atoms with van der Waals surface area (Å²) < 4.78 is 1.25. The lowest BCUT2D eigenvalue weighted by Crippen LogP contribution is -2.08. The van der Waals surface area contributed by atoms with Gasteiger partial charge in [0.1, 0.15) is 0 Å². The summed E-state index contributed by atoms with van der Waals surface area (Å²) in [5, 5.41) is 0. The highest BCUT2D eigenvalue weighted by atomic mass is 79.9. The van der Waals surface area contributed by atoms with E-state index in [0.29, 0.717) is 5.92 Å². The van der Waals surface area contributed by atoms with Crippen LogP contribution in [0.4, 0.5) is 0 Å². The highest BCUT2D eigenvalue weighted by Gasteiger charge is 2.22. The quantitative estimate of drug-likeness (QED) is 0.827. The van der Waals surface area contributed by atoms with Crippen molar-refractivity contribution in [1.82, 2.24) is 0 Å². The summed E-state index contributed by atoms with van der Waals surface area (Å²) in [6, 6.07) is 6.40. The van der Waals surface area contributed by atoms with Gasteiger partial charge in [-0.3, -0.25) is 0 Å². The van der Waals surface area contributed by atoms with Crippen LogP contribution in [0.3, 0.4) is 0 Å². The molecule has 2 N–H and O–H groups in total. The molecule has 1 unspecified atom stereocenters. The van der Waals surface area contributed by atoms with Gasteiger partial charge in [0.2, 0.25) is 0 Å². The molecule has 0 amide bonds. The molecule has 13 heavy (non-hydrogen) atoms. The van der Waals surface area contributed by atoms with E-state index in [2.05, 4.69) is 34.1 Å². The molecule has 1 nitrogen and oxygen atoms in total. The van der Waals surface area contributed by atoms with Crippen LogP contribution < -0.4 is 5.73 Å². The first-order valence-electron chi connectivity index (χ1n) is 4.30. The molecule has 1 aromatic rings. The van der Waals surface area contributed by atoms with Crippen LogP contribution in [0.5, 0.6) is 0 Å². The van der Waals surface area contributed by atoms with Gasteiger partial charge in [-0.05, 0) is 42.5 Å². The number of benzene rings is 1. The summed E-state index contributed by atoms with van der Waals surface area (Å²) in [7, 11) is 0. The van der Waals surface area contributed by atoms with E-state index in [4.69, 9.17) is 5.73 Å². The van der Waals surface area contributed by atoms with E-state index in [1.807, 2.05) is 0 Å². The smallest absolute Gasteiger partial charge is 0.0210 e. The molecule has 72 valence electrons. The summed E-state index contributed by atoms with van der Waals surface area (Å²) in [6.07, 6.45) is 2.40. The van der Waals surface area contributed by atoms with Crippen molar-refractivity contribution in [1.29, 1.82) is 0 Å². The minimum atomic E-state index is 0. The predicted octanol–water partition coefficient (Wildman–Crippen LogP) is 2.86. The zero-order chi connectivity index (χ0) is 8.55. The molecule has 2 rings (SSSR count). The zero-order valence-corrected chi connectivity index (χ0v) is 9.70. The van der Waals surface area contributed by atoms with Gasteiger partial charge in [-0.1, -0.05) is 28.1 Å². The van der Waals surface area contributed by atoms with Crippen LogP contribution in [-0.4, -0.2) is 6.54 Å². The Hall–Kier alpha value is -0.0500. The number of rotatable bonds is 1. The number of nitrogens with two attached hydrogens (primary N) is 1. The number of hydrogen-bond acceptors (Lipinski definition) is 1. The third kappa shape index (κ3) is 1.90. The third-order valence-corrected chi connectivity index (χ3v) is 3.37. The lowest BCUT2D eigenvalue weighted by atomic mass is 10.0. The van der Waals surface area contributed by atoms with Gasteiger partial charge >= 0.3 is 0 Å². The van der Waals surface area contributed by atoms with Crippen molar-refractivity contribution in [3.05, 3.63) is 33.8 Å². The summed E-state index contributed by atoms with van der Waals surface area (Å²) >= 11 is 3.56. The molecule has 0 radical (unpaired) electrons. The fraction of sp³-hybridized carbons (Fsp3) is 0.400. The molecule has 1 aromatic carbocycles. The summed E-state index contributed by atoms with van der Waals surface area (Å²) in [5.41, 5.74) is 8.60. The largest absolute Gasteiger partial charge is 0.330 e. The first kappa shape index (κ1) is 11.0. The molecule has 1 aliphatic carbocycles. The Morgan fingerprint density at radius 3 is 2.92 bits per heavy atom. The van der Waals surface area contributed by atoms with E-state index in [1.54, 1.807) is 0 Å². The fourth-order valence-corrected chi connectivity index (χ4v) is 2.52. The first-order chi connectivity index (χ1) is 5.83. The Balaban J connectivity index is 0.000000845. The van der Waals surface area contributed by atoms with Gasteiger partial charge < -0.3 is 5.73 Å². The van der Waals surface area contributed by atoms with Crippen LogP contribution >= 0.6 is 28.3 Å². The molecule has 1 aliphatic rings. The topological polar surface area (TPSA) is 26.0 Å². The van der Waals surface area contributed by atoms with Gasteiger partial charge in [0.05, 0.1) is 0 Å². The van der Waals surface area contributed by atoms with Gasteiger partial charge in [0, 0.05) is 4.47 Å². The second-order valence-corrected chi connectivity index (χ2v) is 4.13. The van der Waals surface area contributed by atoms with E-state index < -0.39 is 0 Å². The van der Waals surface area contributed by atoms with Gasteiger partial charge in [-0.2, -0.15) is 0 Å². The highest BCUT2D eigenvalue weighted by molar-refractivity contribution is 9.10. The predicted molar refractivity (Wildman–Crippen MR) is 61.5 cm³/mol. The summed E-state index contributed by atoms with van der Waals surface area (Å²) in [6.45, 7) is 0.781. The van der Waals surface area contributed by atoms with Crippen LogP contribution in [0.1, 0.15) is 23.5 Å². The molecule has 0 bridgehead atoms. The van der Waals surface area contributed by atoms with E-state index in [1.165, 1.54) is 28.4 Å².